The van der Waals surface area contributed by atoms with Crippen molar-refractivity contribution >= 4 is 35.2 Å². The van der Waals surface area contributed by atoms with Crippen LogP contribution in [0.4, 0.5) is 5.69 Å². The lowest BCUT2D eigenvalue weighted by atomic mass is 10.1. The third-order valence-electron chi connectivity index (χ3n) is 3.55. The normalized spacial score (nSPS) is 11.5. The van der Waals surface area contributed by atoms with Crippen molar-refractivity contribution in [3.63, 3.8) is 0 Å². The molecule has 1 N–H and O–H groups in total. The quantitative estimate of drug-likeness (QED) is 0.483. The molecule has 2 aromatic carbocycles. The van der Waals surface area contributed by atoms with Crippen molar-refractivity contribution in [2.24, 2.45) is 0 Å². The molecule has 0 saturated carbocycles. The van der Waals surface area contributed by atoms with Crippen LogP contribution in [0.5, 0.6) is 0 Å². The molecule has 0 atom stereocenters. The van der Waals surface area contributed by atoms with Gasteiger partial charge in [0.15, 0.2) is 0 Å². The number of carbonyl (C=O) groups is 2. The minimum absolute atomic E-state index is 0.124. The molecule has 0 saturated heterocycles. The van der Waals surface area contributed by atoms with Gasteiger partial charge < -0.3 is 10.2 Å². The number of allylic oxidation sites excluding steroid dienone is 2. The second-order valence-electron chi connectivity index (χ2n) is 5.84. The second kappa shape index (κ2) is 9.37. The largest absolute Gasteiger partial charge is 0.345 e. The van der Waals surface area contributed by atoms with Crippen molar-refractivity contribution in [1.82, 2.24) is 4.90 Å². The highest BCUT2D eigenvalue weighted by Crippen LogP contribution is 2.16. The number of benzene rings is 2. The molecule has 2 aromatic rings. The van der Waals surface area contributed by atoms with Gasteiger partial charge in [-0.3, -0.25) is 9.59 Å². The maximum absolute atomic E-state index is 12.3. The van der Waals surface area contributed by atoms with Crippen molar-refractivity contribution < 1.29 is 9.59 Å². The zero-order chi connectivity index (χ0) is 19.8. The van der Waals surface area contributed by atoms with Crippen molar-refractivity contribution in [1.29, 1.82) is 5.26 Å². The number of carbonyl (C=O) groups excluding carboxylic acids is 2. The molecule has 27 heavy (non-hydrogen) atoms. The van der Waals surface area contributed by atoms with Crippen LogP contribution in [0.15, 0.2) is 71.3 Å². The van der Waals surface area contributed by atoms with E-state index in [1.165, 1.54) is 11.0 Å². The molecule has 0 unspecified atom stereocenters. The smallest absolute Gasteiger partial charge is 0.266 e. The molecule has 0 aliphatic heterocycles. The predicted molar refractivity (Wildman–Crippen MR) is 107 cm³/mol. The molecule has 0 heterocycles. The highest BCUT2D eigenvalue weighted by atomic mass is 35.5. The molecule has 136 valence electrons. The van der Waals surface area contributed by atoms with E-state index in [1.54, 1.807) is 44.4 Å². The summed E-state index contributed by atoms with van der Waals surface area (Å²) in [5.41, 5.74) is 1.71. The number of nitrogens with one attached hydrogen (secondary N) is 1. The Labute approximate surface area is 163 Å². The standard InChI is InChI=1S/C21H18ClN3O2/c1-25(2)21(27)16-8-10-19(11-9-16)24-20(26)17(14-23)13-18(22)12-15-6-4-3-5-7-15/h3-13H,1-2H3,(H,24,26)/b17-13+,18-12-. The highest BCUT2D eigenvalue weighted by molar-refractivity contribution is 6.33. The topological polar surface area (TPSA) is 73.2 Å². The van der Waals surface area contributed by atoms with Crippen molar-refractivity contribution in [3.05, 3.63) is 82.4 Å². The highest BCUT2D eigenvalue weighted by Gasteiger charge is 2.11. The maximum atomic E-state index is 12.3. The third-order valence-corrected chi connectivity index (χ3v) is 3.77. The number of halogens is 1. The van der Waals surface area contributed by atoms with Crippen LogP contribution in [0.2, 0.25) is 0 Å². The van der Waals surface area contributed by atoms with Crippen molar-refractivity contribution in [3.8, 4) is 6.07 Å². The second-order valence-corrected chi connectivity index (χ2v) is 6.28. The molecule has 0 spiro atoms. The van der Waals surface area contributed by atoms with Crippen LogP contribution in [-0.2, 0) is 4.79 Å². The first-order chi connectivity index (χ1) is 12.9. The Balaban J connectivity index is 2.12. The number of nitrogens with zero attached hydrogens (tertiary/aromatic N) is 2. The molecular formula is C21H18ClN3O2. The van der Waals surface area contributed by atoms with Gasteiger partial charge in [0.1, 0.15) is 11.6 Å². The van der Waals surface area contributed by atoms with Crippen LogP contribution in [-0.4, -0.2) is 30.8 Å². The SMILES string of the molecule is CN(C)C(=O)c1ccc(NC(=O)/C(C#N)=C/C(Cl)=C/c2ccccc2)cc1. The summed E-state index contributed by atoms with van der Waals surface area (Å²) in [5.74, 6) is -0.716. The van der Waals surface area contributed by atoms with E-state index < -0.39 is 5.91 Å². The molecule has 6 heteroatoms. The van der Waals surface area contributed by atoms with Gasteiger partial charge in [-0.2, -0.15) is 5.26 Å². The Kier molecular flexibility index (Phi) is 6.93. The van der Waals surface area contributed by atoms with Crippen molar-refractivity contribution in [2.75, 3.05) is 19.4 Å². The van der Waals surface area contributed by atoms with Crippen LogP contribution in [0.3, 0.4) is 0 Å². The fourth-order valence-corrected chi connectivity index (χ4v) is 2.42. The average molecular weight is 380 g/mol. The van der Waals surface area contributed by atoms with Gasteiger partial charge >= 0.3 is 0 Å². The van der Waals surface area contributed by atoms with Crippen LogP contribution >= 0.6 is 11.6 Å². The summed E-state index contributed by atoms with van der Waals surface area (Å²) >= 11 is 6.13. The molecule has 2 rings (SSSR count). The van der Waals surface area contributed by atoms with Gasteiger partial charge in [-0.15, -0.1) is 0 Å². The summed E-state index contributed by atoms with van der Waals surface area (Å²) in [6, 6.07) is 17.6. The summed E-state index contributed by atoms with van der Waals surface area (Å²) in [4.78, 5) is 25.6. The minimum Gasteiger partial charge on any atom is -0.345 e. The monoisotopic (exact) mass is 379 g/mol. The molecule has 0 aliphatic rings. The number of anilines is 1. The summed E-state index contributed by atoms with van der Waals surface area (Å²) in [6.07, 6.45) is 2.97. The fraction of sp³-hybridized carbons (Fsp3) is 0.0952. The molecule has 0 bridgehead atoms. The Hall–Kier alpha value is -3.36. The van der Waals surface area contributed by atoms with Crippen LogP contribution in [0, 0.1) is 11.3 Å². The van der Waals surface area contributed by atoms with Crippen LogP contribution in [0.25, 0.3) is 6.08 Å². The van der Waals surface area contributed by atoms with Crippen molar-refractivity contribution in [2.45, 2.75) is 0 Å². The van der Waals surface area contributed by atoms with Gasteiger partial charge in [0.25, 0.3) is 11.8 Å². The molecule has 0 fully saturated rings. The molecule has 5 nitrogen and oxygen atoms in total. The van der Waals surface area contributed by atoms with E-state index in [0.29, 0.717) is 11.3 Å². The number of amides is 2. The minimum atomic E-state index is -0.580. The average Bonchev–Trinajstić information content (AvgIpc) is 2.66. The van der Waals surface area contributed by atoms with Crippen LogP contribution in [0.1, 0.15) is 15.9 Å². The Morgan fingerprint density at radius 2 is 1.70 bits per heavy atom. The van der Waals surface area contributed by atoms with Gasteiger partial charge in [0.2, 0.25) is 0 Å². The van der Waals surface area contributed by atoms with Crippen LogP contribution < -0.4 is 5.32 Å². The summed E-state index contributed by atoms with van der Waals surface area (Å²) in [5, 5.41) is 12.1. The van der Waals surface area contributed by atoms with Gasteiger partial charge in [0, 0.05) is 30.4 Å². The predicted octanol–water partition coefficient (Wildman–Crippen LogP) is 4.06. The fourth-order valence-electron chi connectivity index (χ4n) is 2.19. The van der Waals surface area contributed by atoms with Gasteiger partial charge in [-0.05, 0) is 42.0 Å². The maximum Gasteiger partial charge on any atom is 0.266 e. The summed E-state index contributed by atoms with van der Waals surface area (Å²) in [6.45, 7) is 0. The number of rotatable bonds is 5. The van der Waals surface area contributed by atoms with E-state index in [4.69, 9.17) is 11.6 Å². The van der Waals surface area contributed by atoms with E-state index in [9.17, 15) is 14.9 Å². The lowest BCUT2D eigenvalue weighted by Crippen LogP contribution is -2.21. The number of hydrogen-bond donors (Lipinski definition) is 1. The van der Waals surface area contributed by atoms with Gasteiger partial charge in [-0.25, -0.2) is 0 Å². The first kappa shape index (κ1) is 20.0. The molecule has 0 aromatic heterocycles. The third kappa shape index (κ3) is 5.84. The van der Waals surface area contributed by atoms with E-state index in [0.717, 1.165) is 5.56 Å². The zero-order valence-electron chi connectivity index (χ0n) is 14.9. The summed E-state index contributed by atoms with van der Waals surface area (Å²) < 4.78 is 0. The number of hydrogen-bond acceptors (Lipinski definition) is 3. The van der Waals surface area contributed by atoms with E-state index >= 15 is 0 Å². The lowest BCUT2D eigenvalue weighted by molar-refractivity contribution is -0.112. The first-order valence-electron chi connectivity index (χ1n) is 8.08. The summed E-state index contributed by atoms with van der Waals surface area (Å²) in [7, 11) is 3.32. The lowest BCUT2D eigenvalue weighted by Gasteiger charge is -2.10. The molecular weight excluding hydrogens is 362 g/mol. The van der Waals surface area contributed by atoms with Gasteiger partial charge in [-0.1, -0.05) is 41.9 Å². The van der Waals surface area contributed by atoms with E-state index in [1.807, 2.05) is 36.4 Å². The number of nitriles is 1. The first-order valence-corrected chi connectivity index (χ1v) is 8.45. The molecule has 2 amide bonds. The van der Waals surface area contributed by atoms with E-state index in [-0.39, 0.29) is 16.5 Å². The van der Waals surface area contributed by atoms with Gasteiger partial charge in [0.05, 0.1) is 0 Å². The molecule has 0 aliphatic carbocycles. The Bertz CT molecular complexity index is 924. The molecule has 0 radical (unpaired) electrons. The Morgan fingerprint density at radius 3 is 2.26 bits per heavy atom. The Morgan fingerprint density at radius 1 is 1.07 bits per heavy atom. The zero-order valence-corrected chi connectivity index (χ0v) is 15.7. The van der Waals surface area contributed by atoms with E-state index in [2.05, 4.69) is 5.32 Å².